The molecule has 0 aromatic carbocycles. The van der Waals surface area contributed by atoms with Gasteiger partial charge in [0.05, 0.1) is 11.1 Å². The maximum atomic E-state index is 12.9. The molecule has 10 heteroatoms. The molecule has 0 fully saturated rings. The van der Waals surface area contributed by atoms with Crippen molar-refractivity contribution in [1.82, 2.24) is 0 Å². The molecule has 0 bridgehead atoms. The first-order chi connectivity index (χ1) is 9.63. The van der Waals surface area contributed by atoms with Gasteiger partial charge in [0.25, 0.3) is 0 Å². The van der Waals surface area contributed by atoms with Crippen LogP contribution in [-0.4, -0.2) is 22.2 Å². The maximum Gasteiger partial charge on any atom is 0.419 e. The standard InChI is InChI=1S/C11H3F3N2O4S/c12-11(13,14)8-5(2-15)7(3-16)21-6(8)1-4(9(17)18)10(19)20/h1H,(H,17,18)(H,19,20). The number of carboxylic acid groups (broad SMARTS) is 2. The number of halogens is 3. The van der Waals surface area contributed by atoms with Gasteiger partial charge in [0.2, 0.25) is 0 Å². The van der Waals surface area contributed by atoms with E-state index in [1.807, 2.05) is 0 Å². The number of carboxylic acids is 2. The van der Waals surface area contributed by atoms with Crippen LogP contribution in [0.3, 0.4) is 0 Å². The topological polar surface area (TPSA) is 122 Å². The van der Waals surface area contributed by atoms with Gasteiger partial charge in [-0.25, -0.2) is 9.59 Å². The summed E-state index contributed by atoms with van der Waals surface area (Å²) >= 11 is 0.194. The van der Waals surface area contributed by atoms with E-state index in [1.54, 1.807) is 0 Å². The Morgan fingerprint density at radius 3 is 2.00 bits per heavy atom. The van der Waals surface area contributed by atoms with Gasteiger partial charge in [-0.3, -0.25) is 0 Å². The summed E-state index contributed by atoms with van der Waals surface area (Å²) < 4.78 is 38.8. The SMILES string of the molecule is N#Cc1sc(C=C(C(=O)O)C(=O)O)c(C(F)(F)F)c1C#N. The Bertz CT molecular complexity index is 718. The van der Waals surface area contributed by atoms with Crippen LogP contribution in [0.5, 0.6) is 0 Å². The summed E-state index contributed by atoms with van der Waals surface area (Å²) in [5, 5.41) is 34.7. The third kappa shape index (κ3) is 3.19. The summed E-state index contributed by atoms with van der Waals surface area (Å²) in [5.41, 5.74) is -3.79. The van der Waals surface area contributed by atoms with E-state index in [9.17, 15) is 22.8 Å². The van der Waals surface area contributed by atoms with Gasteiger partial charge in [-0.05, 0) is 6.08 Å². The average molecular weight is 316 g/mol. The van der Waals surface area contributed by atoms with Gasteiger partial charge < -0.3 is 10.2 Å². The summed E-state index contributed by atoms with van der Waals surface area (Å²) in [6.07, 6.45) is -4.76. The molecule has 0 radical (unpaired) electrons. The number of carbonyl (C=O) groups is 2. The van der Waals surface area contributed by atoms with E-state index in [-0.39, 0.29) is 17.4 Å². The van der Waals surface area contributed by atoms with E-state index in [2.05, 4.69) is 0 Å². The lowest BCUT2D eigenvalue weighted by Crippen LogP contribution is -2.12. The molecule has 2 N–H and O–H groups in total. The van der Waals surface area contributed by atoms with Gasteiger partial charge in [0, 0.05) is 4.88 Å². The molecule has 0 saturated carbocycles. The van der Waals surface area contributed by atoms with Crippen molar-refractivity contribution in [3.63, 3.8) is 0 Å². The molecule has 108 valence electrons. The zero-order valence-electron chi connectivity index (χ0n) is 9.72. The summed E-state index contributed by atoms with van der Waals surface area (Å²) in [5.74, 6) is -3.89. The molecule has 1 aromatic rings. The highest BCUT2D eigenvalue weighted by Gasteiger charge is 2.39. The van der Waals surface area contributed by atoms with Crippen molar-refractivity contribution in [2.75, 3.05) is 0 Å². The van der Waals surface area contributed by atoms with Crippen molar-refractivity contribution in [2.45, 2.75) is 6.18 Å². The first kappa shape index (κ1) is 16.2. The Morgan fingerprint density at radius 1 is 1.14 bits per heavy atom. The number of thiophene rings is 1. The van der Waals surface area contributed by atoms with Crippen LogP contribution in [0.25, 0.3) is 6.08 Å². The van der Waals surface area contributed by atoms with E-state index in [1.165, 1.54) is 12.1 Å². The normalized spacial score (nSPS) is 10.3. The molecule has 0 amide bonds. The Morgan fingerprint density at radius 2 is 1.67 bits per heavy atom. The average Bonchev–Trinajstić information content (AvgIpc) is 2.72. The molecule has 0 aliphatic rings. The number of hydrogen-bond acceptors (Lipinski definition) is 5. The van der Waals surface area contributed by atoms with E-state index in [0.29, 0.717) is 0 Å². The molecular formula is C11H3F3N2O4S. The Hall–Kier alpha value is -2.85. The first-order valence-electron chi connectivity index (χ1n) is 4.86. The highest BCUT2D eigenvalue weighted by molar-refractivity contribution is 7.13. The number of nitrogens with zero attached hydrogens (tertiary/aromatic N) is 2. The molecule has 1 rings (SSSR count). The molecule has 0 atom stereocenters. The third-order valence-corrected chi connectivity index (χ3v) is 3.21. The molecule has 6 nitrogen and oxygen atoms in total. The fourth-order valence-electron chi connectivity index (χ4n) is 1.36. The summed E-state index contributed by atoms with van der Waals surface area (Å²) in [7, 11) is 0. The van der Waals surface area contributed by atoms with Crippen molar-refractivity contribution in [2.24, 2.45) is 0 Å². The lowest BCUT2D eigenvalue weighted by atomic mass is 10.1. The highest BCUT2D eigenvalue weighted by atomic mass is 32.1. The number of rotatable bonds is 3. The molecule has 0 unspecified atom stereocenters. The van der Waals surface area contributed by atoms with Crippen molar-refractivity contribution in [3.05, 3.63) is 26.5 Å². The van der Waals surface area contributed by atoms with Crippen molar-refractivity contribution >= 4 is 29.4 Å². The van der Waals surface area contributed by atoms with E-state index < -0.39 is 44.6 Å². The molecule has 1 aromatic heterocycles. The second kappa shape index (κ2) is 5.64. The van der Waals surface area contributed by atoms with Gasteiger partial charge in [0.15, 0.2) is 0 Å². The van der Waals surface area contributed by atoms with Gasteiger partial charge in [0.1, 0.15) is 22.6 Å². The van der Waals surface area contributed by atoms with Gasteiger partial charge in [-0.15, -0.1) is 11.3 Å². The Balaban J connectivity index is 3.74. The Kier molecular flexibility index (Phi) is 4.36. The van der Waals surface area contributed by atoms with Crippen LogP contribution >= 0.6 is 11.3 Å². The molecule has 0 aliphatic carbocycles. The summed E-state index contributed by atoms with van der Waals surface area (Å²) in [6, 6.07) is 2.60. The van der Waals surface area contributed by atoms with E-state index in [4.69, 9.17) is 20.7 Å². The lowest BCUT2D eigenvalue weighted by Gasteiger charge is -2.06. The first-order valence-corrected chi connectivity index (χ1v) is 5.67. The second-order valence-corrected chi connectivity index (χ2v) is 4.49. The van der Waals surface area contributed by atoms with Crippen LogP contribution in [0, 0.1) is 22.7 Å². The van der Waals surface area contributed by atoms with Crippen LogP contribution in [-0.2, 0) is 15.8 Å². The molecule has 0 spiro atoms. The number of alkyl halides is 3. The minimum Gasteiger partial charge on any atom is -0.477 e. The monoisotopic (exact) mass is 316 g/mol. The summed E-state index contributed by atoms with van der Waals surface area (Å²) in [6.45, 7) is 0. The minimum absolute atomic E-state index is 0.194. The second-order valence-electron chi connectivity index (χ2n) is 3.44. The van der Waals surface area contributed by atoms with E-state index >= 15 is 0 Å². The molecule has 21 heavy (non-hydrogen) atoms. The zero-order valence-corrected chi connectivity index (χ0v) is 10.5. The van der Waals surface area contributed by atoms with Crippen molar-refractivity contribution < 1.29 is 33.0 Å². The fourth-order valence-corrected chi connectivity index (χ4v) is 2.38. The molecule has 1 heterocycles. The smallest absolute Gasteiger partial charge is 0.419 e. The predicted octanol–water partition coefficient (Wildman–Crippen LogP) is 2.06. The number of hydrogen-bond donors (Lipinski definition) is 2. The molecule has 0 aliphatic heterocycles. The van der Waals surface area contributed by atoms with Gasteiger partial charge in [-0.2, -0.15) is 23.7 Å². The lowest BCUT2D eigenvalue weighted by molar-refractivity contribution is -0.140. The van der Waals surface area contributed by atoms with E-state index in [0.717, 1.165) is 0 Å². The molecule has 0 saturated heterocycles. The number of nitriles is 2. The fraction of sp³-hybridized carbons (Fsp3) is 0.0909. The quantitative estimate of drug-likeness (QED) is 0.500. The maximum absolute atomic E-state index is 12.9. The minimum atomic E-state index is -5.04. The third-order valence-electron chi connectivity index (χ3n) is 2.17. The van der Waals surface area contributed by atoms with Crippen LogP contribution in [0.15, 0.2) is 5.57 Å². The predicted molar refractivity (Wildman–Crippen MR) is 62.0 cm³/mol. The highest BCUT2D eigenvalue weighted by Crippen LogP contribution is 2.41. The van der Waals surface area contributed by atoms with Crippen LogP contribution in [0.4, 0.5) is 13.2 Å². The summed E-state index contributed by atoms with van der Waals surface area (Å²) in [4.78, 5) is 20.0. The van der Waals surface area contributed by atoms with Crippen LogP contribution < -0.4 is 0 Å². The largest absolute Gasteiger partial charge is 0.477 e. The van der Waals surface area contributed by atoms with Crippen LogP contribution in [0.2, 0.25) is 0 Å². The zero-order chi connectivity index (χ0) is 16.4. The van der Waals surface area contributed by atoms with Gasteiger partial charge >= 0.3 is 18.1 Å². The number of aliphatic carboxylic acids is 2. The Labute approximate surface area is 118 Å². The van der Waals surface area contributed by atoms with Crippen molar-refractivity contribution in [3.8, 4) is 12.1 Å². The van der Waals surface area contributed by atoms with Crippen molar-refractivity contribution in [1.29, 1.82) is 10.5 Å². The molecular weight excluding hydrogens is 313 g/mol. The van der Waals surface area contributed by atoms with Crippen LogP contribution in [0.1, 0.15) is 20.9 Å². The van der Waals surface area contributed by atoms with Gasteiger partial charge in [-0.1, -0.05) is 0 Å².